The average molecular weight is 496 g/mol. The fraction of sp³-hybridized carbons (Fsp3) is 0.400. The van der Waals surface area contributed by atoms with Crippen LogP contribution in [0.25, 0.3) is 11.1 Å². The molecule has 5 rings (SSSR count). The maximum absolute atomic E-state index is 12.1. The summed E-state index contributed by atoms with van der Waals surface area (Å²) in [6.07, 6.45) is 7.26. The third-order valence-corrected chi connectivity index (χ3v) is 7.17. The first-order valence-electron chi connectivity index (χ1n) is 11.6. The number of rotatable bonds is 4. The van der Waals surface area contributed by atoms with E-state index in [1.807, 2.05) is 18.2 Å². The number of sulfonamides is 1. The molecule has 0 atom stereocenters. The SMILES string of the molecule is CC1(C)CCc2ncnc(N3CCOc4ccc(-c5c[nH]c(=O)c(NS(C)(=O)=O)c5)cc4C3)c2C1. The summed E-state index contributed by atoms with van der Waals surface area (Å²) in [5.74, 6) is 1.77. The molecule has 9 nitrogen and oxygen atoms in total. The van der Waals surface area contributed by atoms with Crippen LogP contribution < -0.4 is 19.9 Å². The minimum atomic E-state index is -3.58. The number of nitrogens with zero attached hydrogens (tertiary/aromatic N) is 3. The molecule has 1 aromatic carbocycles. The van der Waals surface area contributed by atoms with Gasteiger partial charge in [0.15, 0.2) is 0 Å². The lowest BCUT2D eigenvalue weighted by Gasteiger charge is -2.33. The Morgan fingerprint density at radius 3 is 2.80 bits per heavy atom. The summed E-state index contributed by atoms with van der Waals surface area (Å²) in [6.45, 7) is 6.43. The molecular formula is C25H29N5O4S. The van der Waals surface area contributed by atoms with Crippen molar-refractivity contribution in [3.63, 3.8) is 0 Å². The number of anilines is 2. The molecule has 1 aliphatic heterocycles. The third-order valence-electron chi connectivity index (χ3n) is 6.58. The van der Waals surface area contributed by atoms with Gasteiger partial charge in [0.2, 0.25) is 10.0 Å². The zero-order valence-corrected chi connectivity index (χ0v) is 20.9. The Balaban J connectivity index is 1.49. The molecule has 3 aromatic rings. The number of hydrogen-bond donors (Lipinski definition) is 2. The van der Waals surface area contributed by atoms with Crippen LogP contribution in [0.1, 0.15) is 37.1 Å². The number of fused-ring (bicyclic) bond motifs is 2. The number of pyridine rings is 1. The first-order chi connectivity index (χ1) is 16.6. The highest BCUT2D eigenvalue weighted by Crippen LogP contribution is 2.38. The van der Waals surface area contributed by atoms with E-state index in [0.717, 1.165) is 53.9 Å². The third kappa shape index (κ3) is 5.02. The highest BCUT2D eigenvalue weighted by Gasteiger charge is 2.30. The van der Waals surface area contributed by atoms with Crippen LogP contribution in [0.15, 0.2) is 41.6 Å². The van der Waals surface area contributed by atoms with E-state index >= 15 is 0 Å². The van der Waals surface area contributed by atoms with Crippen molar-refractivity contribution in [1.82, 2.24) is 15.0 Å². The highest BCUT2D eigenvalue weighted by molar-refractivity contribution is 7.92. The number of aromatic amines is 1. The van der Waals surface area contributed by atoms with E-state index in [-0.39, 0.29) is 11.1 Å². The van der Waals surface area contributed by atoms with Crippen LogP contribution >= 0.6 is 0 Å². The molecule has 10 heteroatoms. The number of nitrogens with one attached hydrogen (secondary N) is 2. The molecule has 2 aliphatic rings. The molecule has 2 N–H and O–H groups in total. The Bertz CT molecular complexity index is 1450. The molecule has 0 unspecified atom stereocenters. The first-order valence-corrected chi connectivity index (χ1v) is 13.5. The van der Waals surface area contributed by atoms with E-state index in [1.54, 1.807) is 18.6 Å². The zero-order valence-electron chi connectivity index (χ0n) is 20.1. The fourth-order valence-corrected chi connectivity index (χ4v) is 5.36. The van der Waals surface area contributed by atoms with Gasteiger partial charge in [-0.1, -0.05) is 19.9 Å². The van der Waals surface area contributed by atoms with Gasteiger partial charge in [-0.25, -0.2) is 18.4 Å². The van der Waals surface area contributed by atoms with Gasteiger partial charge in [0, 0.05) is 35.1 Å². The van der Waals surface area contributed by atoms with Crippen LogP contribution in [-0.4, -0.2) is 42.8 Å². The van der Waals surface area contributed by atoms with Gasteiger partial charge in [-0.05, 0) is 48.4 Å². The van der Waals surface area contributed by atoms with Crippen LogP contribution in [0.2, 0.25) is 0 Å². The van der Waals surface area contributed by atoms with Crippen LogP contribution in [0.3, 0.4) is 0 Å². The molecule has 0 radical (unpaired) electrons. The van der Waals surface area contributed by atoms with Gasteiger partial charge < -0.3 is 14.6 Å². The molecule has 0 bridgehead atoms. The topological polar surface area (TPSA) is 117 Å². The van der Waals surface area contributed by atoms with Gasteiger partial charge in [0.1, 0.15) is 30.2 Å². The standard InChI is InChI=1S/C25H29N5O4S/c1-25(2)7-6-20-19(12-25)23(28-15-27-20)30-8-9-34-22-5-4-16(10-18(22)14-30)17-11-21(24(31)26-13-17)29-35(3,32)33/h4-5,10-11,13,15,29H,6-9,12,14H2,1-3H3,(H,26,31). The van der Waals surface area contributed by atoms with Gasteiger partial charge >= 0.3 is 0 Å². The predicted octanol–water partition coefficient (Wildman–Crippen LogP) is 3.12. The van der Waals surface area contributed by atoms with Gasteiger partial charge in [-0.3, -0.25) is 9.52 Å². The second-order valence-electron chi connectivity index (χ2n) is 10.1. The fourth-order valence-electron chi connectivity index (χ4n) is 4.81. The maximum Gasteiger partial charge on any atom is 0.272 e. The second-order valence-corrected chi connectivity index (χ2v) is 11.8. The van der Waals surface area contributed by atoms with Crippen molar-refractivity contribution < 1.29 is 13.2 Å². The quantitative estimate of drug-likeness (QED) is 0.571. The lowest BCUT2D eigenvalue weighted by atomic mass is 9.76. The van der Waals surface area contributed by atoms with E-state index in [2.05, 4.69) is 38.4 Å². The normalized spacial score (nSPS) is 17.1. The van der Waals surface area contributed by atoms with E-state index in [9.17, 15) is 13.2 Å². The summed E-state index contributed by atoms with van der Waals surface area (Å²) in [5.41, 5.74) is 4.57. The number of aromatic nitrogens is 3. The minimum Gasteiger partial charge on any atom is -0.491 e. The van der Waals surface area contributed by atoms with E-state index in [0.29, 0.717) is 25.3 Å². The molecule has 0 amide bonds. The summed E-state index contributed by atoms with van der Waals surface area (Å²) < 4.78 is 31.6. The Morgan fingerprint density at radius 1 is 1.17 bits per heavy atom. The van der Waals surface area contributed by atoms with E-state index in [1.165, 1.54) is 5.56 Å². The van der Waals surface area contributed by atoms with Crippen molar-refractivity contribution in [3.05, 3.63) is 64.0 Å². The largest absolute Gasteiger partial charge is 0.491 e. The first kappa shape index (κ1) is 23.3. The summed E-state index contributed by atoms with van der Waals surface area (Å²) in [7, 11) is -3.58. The number of aryl methyl sites for hydroxylation is 1. The Hall–Kier alpha value is -3.40. The van der Waals surface area contributed by atoms with E-state index in [4.69, 9.17) is 4.74 Å². The second kappa shape index (κ2) is 8.67. The van der Waals surface area contributed by atoms with E-state index < -0.39 is 15.6 Å². The van der Waals surface area contributed by atoms with Crippen LogP contribution in [0.4, 0.5) is 11.5 Å². The Kier molecular flexibility index (Phi) is 5.79. The molecule has 3 heterocycles. The van der Waals surface area contributed by atoms with Crippen LogP contribution in [-0.2, 0) is 29.4 Å². The molecule has 1 aliphatic carbocycles. The van der Waals surface area contributed by atoms with Crippen molar-refractivity contribution >= 4 is 21.5 Å². The van der Waals surface area contributed by atoms with Crippen molar-refractivity contribution in [1.29, 1.82) is 0 Å². The summed E-state index contributed by atoms with van der Waals surface area (Å²) >= 11 is 0. The molecule has 0 saturated heterocycles. The van der Waals surface area contributed by atoms with Crippen LogP contribution in [0.5, 0.6) is 5.75 Å². The monoisotopic (exact) mass is 495 g/mol. The van der Waals surface area contributed by atoms with Crippen molar-refractivity contribution in [2.24, 2.45) is 5.41 Å². The molecule has 0 saturated carbocycles. The lowest BCUT2D eigenvalue weighted by molar-refractivity contribution is 0.310. The molecule has 0 spiro atoms. The molecule has 184 valence electrons. The summed E-state index contributed by atoms with van der Waals surface area (Å²) in [5, 5.41) is 0. The maximum atomic E-state index is 12.1. The predicted molar refractivity (Wildman–Crippen MR) is 135 cm³/mol. The van der Waals surface area contributed by atoms with Gasteiger partial charge in [-0.15, -0.1) is 0 Å². The molecule has 0 fully saturated rings. The van der Waals surface area contributed by atoms with Crippen molar-refractivity contribution in [2.75, 3.05) is 29.0 Å². The zero-order chi connectivity index (χ0) is 24.8. The molecular weight excluding hydrogens is 466 g/mol. The van der Waals surface area contributed by atoms with Gasteiger partial charge in [0.25, 0.3) is 5.56 Å². The van der Waals surface area contributed by atoms with Gasteiger partial charge in [0.05, 0.1) is 12.8 Å². The molecule has 35 heavy (non-hydrogen) atoms. The number of ether oxygens (including phenoxy) is 1. The number of hydrogen-bond acceptors (Lipinski definition) is 7. The van der Waals surface area contributed by atoms with Crippen LogP contribution in [0, 0.1) is 5.41 Å². The summed E-state index contributed by atoms with van der Waals surface area (Å²) in [4.78, 5) is 26.2. The number of H-pyrrole nitrogens is 1. The Labute approximate surface area is 204 Å². The molecule has 2 aromatic heterocycles. The minimum absolute atomic E-state index is 0.0203. The summed E-state index contributed by atoms with van der Waals surface area (Å²) in [6, 6.07) is 7.38. The van der Waals surface area contributed by atoms with Crippen molar-refractivity contribution in [3.8, 4) is 16.9 Å². The average Bonchev–Trinajstić information content (AvgIpc) is 3.00. The Morgan fingerprint density at radius 2 is 2.00 bits per heavy atom. The smallest absolute Gasteiger partial charge is 0.272 e. The highest BCUT2D eigenvalue weighted by atomic mass is 32.2. The van der Waals surface area contributed by atoms with Gasteiger partial charge in [-0.2, -0.15) is 0 Å². The lowest BCUT2D eigenvalue weighted by Crippen LogP contribution is -2.31. The van der Waals surface area contributed by atoms with Crippen molar-refractivity contribution in [2.45, 2.75) is 39.7 Å². The number of benzene rings is 1.